The molecule has 0 aliphatic rings. The normalized spacial score (nSPS) is 10.5. The van der Waals surface area contributed by atoms with Crippen LogP contribution in [0.1, 0.15) is 12.6 Å². The predicted octanol–water partition coefficient (Wildman–Crippen LogP) is 0.661. The molecule has 0 aliphatic heterocycles. The van der Waals surface area contributed by atoms with Crippen LogP contribution in [0, 0.1) is 17.0 Å². The molecule has 23 heavy (non-hydrogen) atoms. The standard InChI is InChI=1S/C14H20N2O7/c1-3-21-6-7-22-8-9-23-14(18)10-15-11(2)12(16(19)20)4-5-13(15)17/h4-5H,3,6-10H2,1-2H3. The van der Waals surface area contributed by atoms with Crippen molar-refractivity contribution in [3.63, 3.8) is 0 Å². The highest BCUT2D eigenvalue weighted by atomic mass is 16.6. The number of hydrogen-bond donors (Lipinski definition) is 0. The molecule has 128 valence electrons. The van der Waals surface area contributed by atoms with Gasteiger partial charge in [-0.15, -0.1) is 0 Å². The molecule has 0 aromatic carbocycles. The molecule has 1 heterocycles. The average Bonchev–Trinajstić information content (AvgIpc) is 2.50. The molecule has 1 rings (SSSR count). The number of carbonyl (C=O) groups excluding carboxylic acids is 1. The third-order valence-corrected chi connectivity index (χ3v) is 2.98. The van der Waals surface area contributed by atoms with Crippen molar-refractivity contribution in [3.8, 4) is 0 Å². The van der Waals surface area contributed by atoms with Crippen molar-refractivity contribution < 1.29 is 23.9 Å². The Morgan fingerprint density at radius 1 is 1.22 bits per heavy atom. The van der Waals surface area contributed by atoms with Crippen LogP contribution in [-0.2, 0) is 25.5 Å². The monoisotopic (exact) mass is 328 g/mol. The number of hydrogen-bond acceptors (Lipinski definition) is 7. The van der Waals surface area contributed by atoms with Crippen LogP contribution < -0.4 is 5.56 Å². The van der Waals surface area contributed by atoms with Gasteiger partial charge < -0.3 is 14.2 Å². The maximum atomic E-state index is 11.7. The second kappa shape index (κ2) is 9.70. The van der Waals surface area contributed by atoms with Crippen molar-refractivity contribution in [2.45, 2.75) is 20.4 Å². The lowest BCUT2D eigenvalue weighted by Crippen LogP contribution is -2.27. The minimum atomic E-state index is -0.663. The van der Waals surface area contributed by atoms with Gasteiger partial charge >= 0.3 is 5.97 Å². The number of esters is 1. The fraction of sp³-hybridized carbons (Fsp3) is 0.571. The predicted molar refractivity (Wildman–Crippen MR) is 80.4 cm³/mol. The van der Waals surface area contributed by atoms with Gasteiger partial charge in [0.2, 0.25) is 0 Å². The van der Waals surface area contributed by atoms with Crippen LogP contribution in [0.5, 0.6) is 0 Å². The van der Waals surface area contributed by atoms with Gasteiger partial charge in [-0.3, -0.25) is 24.3 Å². The highest BCUT2D eigenvalue weighted by Gasteiger charge is 2.17. The lowest BCUT2D eigenvalue weighted by Gasteiger charge is -2.10. The number of carbonyl (C=O) groups is 1. The van der Waals surface area contributed by atoms with Crippen molar-refractivity contribution in [2.24, 2.45) is 0 Å². The van der Waals surface area contributed by atoms with Gasteiger partial charge in [0, 0.05) is 18.7 Å². The van der Waals surface area contributed by atoms with Gasteiger partial charge in [-0.05, 0) is 13.8 Å². The summed E-state index contributed by atoms with van der Waals surface area (Å²) in [7, 11) is 0. The molecule has 0 aliphatic carbocycles. The highest BCUT2D eigenvalue weighted by molar-refractivity contribution is 5.69. The maximum absolute atomic E-state index is 11.7. The van der Waals surface area contributed by atoms with Crippen LogP contribution in [0.15, 0.2) is 16.9 Å². The Kier molecular flexibility index (Phi) is 7.92. The molecule has 0 saturated carbocycles. The minimum Gasteiger partial charge on any atom is -0.462 e. The van der Waals surface area contributed by atoms with Gasteiger partial charge in [0.05, 0.1) is 30.4 Å². The van der Waals surface area contributed by atoms with Crippen LogP contribution in [0.4, 0.5) is 5.69 Å². The second-order valence-electron chi connectivity index (χ2n) is 4.52. The summed E-state index contributed by atoms with van der Waals surface area (Å²) in [6.07, 6.45) is 0. The maximum Gasteiger partial charge on any atom is 0.326 e. The van der Waals surface area contributed by atoms with Gasteiger partial charge in [0.25, 0.3) is 11.2 Å². The highest BCUT2D eigenvalue weighted by Crippen LogP contribution is 2.14. The Balaban J connectivity index is 2.47. The van der Waals surface area contributed by atoms with Crippen molar-refractivity contribution in [1.82, 2.24) is 4.57 Å². The molecule has 9 heteroatoms. The quantitative estimate of drug-likeness (QED) is 0.268. The average molecular weight is 328 g/mol. The first kappa shape index (κ1) is 18.8. The summed E-state index contributed by atoms with van der Waals surface area (Å²) >= 11 is 0. The van der Waals surface area contributed by atoms with Crippen molar-refractivity contribution in [1.29, 1.82) is 0 Å². The number of pyridine rings is 1. The third-order valence-electron chi connectivity index (χ3n) is 2.98. The Hall–Kier alpha value is -2.26. The molecule has 1 aromatic rings. The van der Waals surface area contributed by atoms with Gasteiger partial charge in [-0.2, -0.15) is 0 Å². The lowest BCUT2D eigenvalue weighted by molar-refractivity contribution is -0.386. The van der Waals surface area contributed by atoms with E-state index in [4.69, 9.17) is 14.2 Å². The van der Waals surface area contributed by atoms with E-state index in [0.29, 0.717) is 19.8 Å². The van der Waals surface area contributed by atoms with Crippen LogP contribution in [0.2, 0.25) is 0 Å². The molecular formula is C14H20N2O7. The van der Waals surface area contributed by atoms with Crippen LogP contribution in [-0.4, -0.2) is 48.5 Å². The fourth-order valence-electron chi connectivity index (χ4n) is 1.81. The van der Waals surface area contributed by atoms with E-state index in [2.05, 4.69) is 0 Å². The van der Waals surface area contributed by atoms with Crippen LogP contribution in [0.25, 0.3) is 0 Å². The Morgan fingerprint density at radius 3 is 2.52 bits per heavy atom. The van der Waals surface area contributed by atoms with Crippen molar-refractivity contribution in [3.05, 3.63) is 38.3 Å². The smallest absolute Gasteiger partial charge is 0.326 e. The Morgan fingerprint density at radius 2 is 1.87 bits per heavy atom. The van der Waals surface area contributed by atoms with Gasteiger partial charge in [-0.25, -0.2) is 0 Å². The van der Waals surface area contributed by atoms with E-state index < -0.39 is 16.5 Å². The van der Waals surface area contributed by atoms with Crippen LogP contribution >= 0.6 is 0 Å². The number of aromatic nitrogens is 1. The molecule has 1 aromatic heterocycles. The molecule has 0 saturated heterocycles. The lowest BCUT2D eigenvalue weighted by atomic mass is 10.3. The number of nitrogens with zero attached hydrogens (tertiary/aromatic N) is 2. The Bertz CT molecular complexity index is 597. The number of ether oxygens (including phenoxy) is 3. The van der Waals surface area contributed by atoms with Gasteiger partial charge in [0.1, 0.15) is 13.2 Å². The van der Waals surface area contributed by atoms with E-state index in [1.54, 1.807) is 0 Å². The summed E-state index contributed by atoms with van der Waals surface area (Å²) in [5.41, 5.74) is -0.623. The number of rotatable bonds is 10. The van der Waals surface area contributed by atoms with Crippen molar-refractivity contribution in [2.75, 3.05) is 33.0 Å². The molecule has 9 nitrogen and oxygen atoms in total. The zero-order valence-electron chi connectivity index (χ0n) is 13.1. The van der Waals surface area contributed by atoms with E-state index in [9.17, 15) is 19.7 Å². The van der Waals surface area contributed by atoms with Gasteiger partial charge in [-0.1, -0.05) is 0 Å². The molecule has 0 fully saturated rings. The summed E-state index contributed by atoms with van der Waals surface area (Å²) in [5.74, 6) is -0.663. The summed E-state index contributed by atoms with van der Waals surface area (Å²) in [6.45, 7) is 4.61. The first-order chi connectivity index (χ1) is 11.0. The molecule has 0 bridgehead atoms. The van der Waals surface area contributed by atoms with Gasteiger partial charge in [0.15, 0.2) is 0 Å². The first-order valence-corrected chi connectivity index (χ1v) is 7.13. The zero-order valence-corrected chi connectivity index (χ0v) is 13.1. The SMILES string of the molecule is CCOCCOCCOC(=O)Cn1c(C)c([N+](=O)[O-])ccc1=O. The number of nitro groups is 1. The molecule has 0 atom stereocenters. The minimum absolute atomic E-state index is 0.0354. The largest absolute Gasteiger partial charge is 0.462 e. The summed E-state index contributed by atoms with van der Waals surface area (Å²) in [6, 6.07) is 2.17. The molecule has 0 N–H and O–H groups in total. The van der Waals surface area contributed by atoms with E-state index in [1.807, 2.05) is 6.92 Å². The summed E-state index contributed by atoms with van der Waals surface area (Å²) < 4.78 is 16.2. The second-order valence-corrected chi connectivity index (χ2v) is 4.52. The Labute approximate surface area is 132 Å². The topological polar surface area (TPSA) is 110 Å². The third kappa shape index (κ3) is 6.17. The summed E-state index contributed by atoms with van der Waals surface area (Å²) in [4.78, 5) is 33.7. The molecule has 0 unspecified atom stereocenters. The molecule has 0 spiro atoms. The van der Waals surface area contributed by atoms with E-state index in [1.165, 1.54) is 6.92 Å². The summed E-state index contributed by atoms with van der Waals surface area (Å²) in [5, 5.41) is 10.8. The van der Waals surface area contributed by atoms with E-state index >= 15 is 0 Å². The zero-order chi connectivity index (χ0) is 17.2. The first-order valence-electron chi connectivity index (χ1n) is 7.13. The van der Waals surface area contributed by atoms with Crippen molar-refractivity contribution >= 4 is 11.7 Å². The fourth-order valence-corrected chi connectivity index (χ4v) is 1.81. The van der Waals surface area contributed by atoms with E-state index in [-0.39, 0.29) is 31.1 Å². The van der Waals surface area contributed by atoms with E-state index in [0.717, 1.165) is 16.7 Å². The molecule has 0 radical (unpaired) electrons. The van der Waals surface area contributed by atoms with Crippen LogP contribution in [0.3, 0.4) is 0 Å². The molecular weight excluding hydrogens is 308 g/mol. The molecule has 0 amide bonds.